The molecular weight excluding hydrogens is 430 g/mol. The number of aldehydes is 1. The van der Waals surface area contributed by atoms with Crippen LogP contribution in [0.2, 0.25) is 0 Å². The summed E-state index contributed by atoms with van der Waals surface area (Å²) in [5, 5.41) is 7.72. The monoisotopic (exact) mass is 451 g/mol. The number of amides is 3. The van der Waals surface area contributed by atoms with Crippen molar-refractivity contribution in [3.05, 3.63) is 34.7 Å². The number of carbonyl (C=O) groups excluding carboxylic acids is 4. The molecule has 0 fully saturated rings. The second-order valence-corrected chi connectivity index (χ2v) is 7.13. The highest BCUT2D eigenvalue weighted by Gasteiger charge is 2.15. The maximum absolute atomic E-state index is 12.2. The third-order valence-corrected chi connectivity index (χ3v) is 4.35. The topological polar surface area (TPSA) is 122 Å². The minimum Gasteiger partial charge on any atom is -0.356 e. The highest BCUT2D eigenvalue weighted by Crippen LogP contribution is 2.12. The molecule has 0 spiro atoms. The van der Waals surface area contributed by atoms with Crippen molar-refractivity contribution in [2.24, 2.45) is 0 Å². The number of imidazole rings is 1. The number of hydrogen-bond acceptors (Lipinski definition) is 5. The van der Waals surface area contributed by atoms with E-state index in [4.69, 9.17) is 0 Å². The first kappa shape index (κ1) is 21.5. The first-order valence-electron chi connectivity index (χ1n) is 8.80. The highest BCUT2D eigenvalue weighted by molar-refractivity contribution is 9.10. The molecule has 0 aliphatic heterocycles. The van der Waals surface area contributed by atoms with E-state index in [9.17, 15) is 19.2 Å². The lowest BCUT2D eigenvalue weighted by atomic mass is 10.1. The van der Waals surface area contributed by atoms with E-state index in [1.165, 1.54) is 6.92 Å². The molecule has 0 radical (unpaired) electrons. The molecule has 0 aliphatic rings. The van der Waals surface area contributed by atoms with Gasteiger partial charge in [0.1, 0.15) is 17.6 Å². The van der Waals surface area contributed by atoms with Crippen LogP contribution >= 0.6 is 15.9 Å². The number of nitrogens with one attached hydrogen (secondary N) is 3. The van der Waals surface area contributed by atoms with Crippen molar-refractivity contribution < 1.29 is 19.2 Å². The summed E-state index contributed by atoms with van der Waals surface area (Å²) in [6.45, 7) is 1.71. The maximum Gasteiger partial charge on any atom is 0.271 e. The molecule has 2 aromatic heterocycles. The van der Waals surface area contributed by atoms with Crippen LogP contribution in [0.25, 0.3) is 5.65 Å². The Labute approximate surface area is 170 Å². The molecule has 1 unspecified atom stereocenters. The second kappa shape index (κ2) is 10.5. The van der Waals surface area contributed by atoms with Crippen LogP contribution in [-0.2, 0) is 14.4 Å². The van der Waals surface area contributed by atoms with E-state index in [-0.39, 0.29) is 18.1 Å². The minimum absolute atomic E-state index is 0.103. The lowest BCUT2D eigenvalue weighted by molar-refractivity contribution is -0.123. The van der Waals surface area contributed by atoms with Gasteiger partial charge < -0.3 is 25.1 Å². The molecule has 3 N–H and O–H groups in total. The Bertz CT molecular complexity index is 867. The molecular formula is C18H22BrN5O4. The molecule has 0 saturated carbocycles. The van der Waals surface area contributed by atoms with Gasteiger partial charge >= 0.3 is 0 Å². The fourth-order valence-electron chi connectivity index (χ4n) is 2.51. The summed E-state index contributed by atoms with van der Waals surface area (Å²) in [7, 11) is 0. The molecule has 0 bridgehead atoms. The van der Waals surface area contributed by atoms with Crippen molar-refractivity contribution in [3.8, 4) is 0 Å². The van der Waals surface area contributed by atoms with E-state index in [0.29, 0.717) is 37.7 Å². The summed E-state index contributed by atoms with van der Waals surface area (Å²) >= 11 is 3.34. The third kappa shape index (κ3) is 6.76. The lowest BCUT2D eigenvalue weighted by Gasteiger charge is -2.13. The molecule has 2 aromatic rings. The van der Waals surface area contributed by atoms with Gasteiger partial charge in [-0.2, -0.15) is 0 Å². The number of unbranched alkanes of at least 4 members (excludes halogenated alkanes) is 1. The van der Waals surface area contributed by atoms with Crippen molar-refractivity contribution in [2.75, 3.05) is 13.1 Å². The molecule has 150 valence electrons. The molecule has 0 aromatic carbocycles. The van der Waals surface area contributed by atoms with E-state index in [1.54, 1.807) is 22.9 Å². The van der Waals surface area contributed by atoms with Gasteiger partial charge in [0.15, 0.2) is 0 Å². The second-order valence-electron chi connectivity index (χ2n) is 6.21. The molecule has 10 heteroatoms. The molecule has 2 rings (SSSR count). The zero-order chi connectivity index (χ0) is 20.5. The van der Waals surface area contributed by atoms with Crippen LogP contribution in [0.5, 0.6) is 0 Å². The van der Waals surface area contributed by atoms with Crippen LogP contribution in [0, 0.1) is 0 Å². The van der Waals surface area contributed by atoms with Crippen molar-refractivity contribution in [1.29, 1.82) is 0 Å². The Morgan fingerprint density at radius 3 is 2.71 bits per heavy atom. The largest absolute Gasteiger partial charge is 0.356 e. The molecule has 0 saturated heterocycles. The highest BCUT2D eigenvalue weighted by atomic mass is 79.9. The molecule has 2 heterocycles. The van der Waals surface area contributed by atoms with Gasteiger partial charge in [-0.25, -0.2) is 4.98 Å². The van der Waals surface area contributed by atoms with Gasteiger partial charge in [-0.15, -0.1) is 0 Å². The predicted molar refractivity (Wildman–Crippen MR) is 106 cm³/mol. The Kier molecular flexibility index (Phi) is 8.12. The molecule has 9 nitrogen and oxygen atoms in total. The van der Waals surface area contributed by atoms with Crippen LogP contribution in [0.15, 0.2) is 29.0 Å². The van der Waals surface area contributed by atoms with Crippen LogP contribution in [0.1, 0.15) is 36.7 Å². The molecule has 1 atom stereocenters. The van der Waals surface area contributed by atoms with Crippen LogP contribution in [0.3, 0.4) is 0 Å². The number of aromatic nitrogens is 2. The number of halogens is 1. The predicted octanol–water partition coefficient (Wildman–Crippen LogP) is 0.817. The standard InChI is InChI=1S/C18H22BrN5O4/c1-12(26)20-7-3-2-4-14(11-25)22-17(27)8-21-18(28)15-10-24-9-13(19)5-6-16(24)23-15/h5-6,9-11,14H,2-4,7-8H2,1H3,(H,20,26)(H,21,28)(H,22,27). The van der Waals surface area contributed by atoms with Gasteiger partial charge in [0, 0.05) is 30.3 Å². The summed E-state index contributed by atoms with van der Waals surface area (Å²) in [4.78, 5) is 50.2. The number of hydrogen-bond donors (Lipinski definition) is 3. The summed E-state index contributed by atoms with van der Waals surface area (Å²) in [5.74, 6) is -1.04. The third-order valence-electron chi connectivity index (χ3n) is 3.88. The fraction of sp³-hybridized carbons (Fsp3) is 0.389. The fourth-order valence-corrected chi connectivity index (χ4v) is 2.86. The number of nitrogens with zero attached hydrogens (tertiary/aromatic N) is 2. The summed E-state index contributed by atoms with van der Waals surface area (Å²) in [6.07, 6.45) is 5.85. The summed E-state index contributed by atoms with van der Waals surface area (Å²) in [6, 6.07) is 2.94. The maximum atomic E-state index is 12.2. The van der Waals surface area contributed by atoms with Crippen LogP contribution < -0.4 is 16.0 Å². The number of carbonyl (C=O) groups is 4. The zero-order valence-corrected chi connectivity index (χ0v) is 17.0. The smallest absolute Gasteiger partial charge is 0.271 e. The van der Waals surface area contributed by atoms with Crippen molar-refractivity contribution in [3.63, 3.8) is 0 Å². The van der Waals surface area contributed by atoms with Gasteiger partial charge in [0.05, 0.1) is 12.6 Å². The SMILES string of the molecule is CC(=O)NCCCCC(C=O)NC(=O)CNC(=O)c1cn2cc(Br)ccc2n1. The normalized spacial score (nSPS) is 11.6. The first-order chi connectivity index (χ1) is 13.4. The van der Waals surface area contributed by atoms with Gasteiger partial charge in [-0.05, 0) is 47.3 Å². The van der Waals surface area contributed by atoms with Crippen molar-refractivity contribution in [2.45, 2.75) is 32.2 Å². The Morgan fingerprint density at radius 1 is 1.21 bits per heavy atom. The average Bonchev–Trinajstić information content (AvgIpc) is 3.07. The van der Waals surface area contributed by atoms with E-state index in [0.717, 1.165) is 4.47 Å². The Hall–Kier alpha value is -2.75. The summed E-state index contributed by atoms with van der Waals surface area (Å²) < 4.78 is 2.54. The number of rotatable bonds is 10. The molecule has 28 heavy (non-hydrogen) atoms. The van der Waals surface area contributed by atoms with Gasteiger partial charge in [-0.1, -0.05) is 0 Å². The van der Waals surface area contributed by atoms with Crippen LogP contribution in [-0.4, -0.2) is 52.5 Å². The van der Waals surface area contributed by atoms with E-state index < -0.39 is 17.9 Å². The lowest BCUT2D eigenvalue weighted by Crippen LogP contribution is -2.42. The minimum atomic E-state index is -0.630. The van der Waals surface area contributed by atoms with Gasteiger partial charge in [-0.3, -0.25) is 14.4 Å². The van der Waals surface area contributed by atoms with E-state index in [1.807, 2.05) is 6.07 Å². The van der Waals surface area contributed by atoms with Gasteiger partial charge in [0.25, 0.3) is 5.91 Å². The quantitative estimate of drug-likeness (QED) is 0.364. The number of pyridine rings is 1. The van der Waals surface area contributed by atoms with Crippen LogP contribution in [0.4, 0.5) is 0 Å². The van der Waals surface area contributed by atoms with Crippen molar-refractivity contribution >= 4 is 45.6 Å². The molecule has 0 aliphatic carbocycles. The number of fused-ring (bicyclic) bond motifs is 1. The van der Waals surface area contributed by atoms with E-state index in [2.05, 4.69) is 36.9 Å². The zero-order valence-electron chi connectivity index (χ0n) is 15.4. The van der Waals surface area contributed by atoms with Crippen molar-refractivity contribution in [1.82, 2.24) is 25.3 Å². The first-order valence-corrected chi connectivity index (χ1v) is 9.60. The average molecular weight is 452 g/mol. The van der Waals surface area contributed by atoms with E-state index >= 15 is 0 Å². The van der Waals surface area contributed by atoms with Gasteiger partial charge in [0.2, 0.25) is 11.8 Å². The summed E-state index contributed by atoms with van der Waals surface area (Å²) in [5.41, 5.74) is 0.800. The Morgan fingerprint density at radius 2 is 2.00 bits per heavy atom. The Balaban J connectivity index is 1.75. The molecule has 3 amide bonds.